The molecule has 1 aromatic carbocycles. The average Bonchev–Trinajstić information content (AvgIpc) is 2.40. The molecule has 0 aliphatic heterocycles. The van der Waals surface area contributed by atoms with Crippen molar-refractivity contribution < 1.29 is 13.2 Å². The molecule has 5 nitrogen and oxygen atoms in total. The summed E-state index contributed by atoms with van der Waals surface area (Å²) in [5, 5.41) is 2.79. The highest BCUT2D eigenvalue weighted by atomic mass is 79.9. The first-order valence-electron chi connectivity index (χ1n) is 5.70. The van der Waals surface area contributed by atoms with Crippen molar-refractivity contribution in [3.05, 3.63) is 51.7 Å². The number of pyridine rings is 1. The second-order valence-electron chi connectivity index (χ2n) is 4.20. The van der Waals surface area contributed by atoms with Crippen LogP contribution >= 0.6 is 27.5 Å². The van der Waals surface area contributed by atoms with Crippen molar-refractivity contribution in [3.63, 3.8) is 0 Å². The molecule has 0 radical (unpaired) electrons. The topological polar surface area (TPSA) is 76.1 Å². The maximum absolute atomic E-state index is 12.1. The van der Waals surface area contributed by atoms with E-state index >= 15 is 0 Å². The summed E-state index contributed by atoms with van der Waals surface area (Å²) >= 11 is 9.20. The molecule has 2 rings (SSSR count). The van der Waals surface area contributed by atoms with Crippen LogP contribution in [0.5, 0.6) is 0 Å². The maximum Gasteiger partial charge on any atom is 0.275 e. The fraction of sp³-hybridized carbons (Fsp3) is 0.0769. The number of nitrogens with one attached hydrogen (secondary N) is 1. The Morgan fingerprint density at radius 2 is 2.05 bits per heavy atom. The molecule has 0 saturated carbocycles. The lowest BCUT2D eigenvalue weighted by Crippen LogP contribution is -2.15. The molecule has 1 amide bonds. The lowest BCUT2D eigenvalue weighted by atomic mass is 10.3. The fourth-order valence-corrected chi connectivity index (χ4v) is 2.81. The van der Waals surface area contributed by atoms with E-state index in [1.165, 1.54) is 24.4 Å². The zero-order valence-corrected chi connectivity index (χ0v) is 14.0. The summed E-state index contributed by atoms with van der Waals surface area (Å²) in [7, 11) is -3.39. The summed E-state index contributed by atoms with van der Waals surface area (Å²) in [6.07, 6.45) is 2.56. The first-order chi connectivity index (χ1) is 9.79. The van der Waals surface area contributed by atoms with E-state index < -0.39 is 15.7 Å². The Hall–Kier alpha value is -1.44. The number of aromatic nitrogens is 1. The van der Waals surface area contributed by atoms with Crippen LogP contribution in [0.2, 0.25) is 5.02 Å². The second-order valence-corrected chi connectivity index (χ2v) is 7.48. The molecule has 1 aromatic heterocycles. The third-order valence-corrected chi connectivity index (χ3v) is 4.67. The number of rotatable bonds is 3. The Kier molecular flexibility index (Phi) is 4.65. The fourth-order valence-electron chi connectivity index (χ4n) is 1.57. The molecule has 0 unspecified atom stereocenters. The third-order valence-electron chi connectivity index (χ3n) is 2.59. The summed E-state index contributed by atoms with van der Waals surface area (Å²) in [5.74, 6) is -0.491. The van der Waals surface area contributed by atoms with Crippen molar-refractivity contribution in [2.45, 2.75) is 4.90 Å². The van der Waals surface area contributed by atoms with Crippen molar-refractivity contribution >= 4 is 49.0 Å². The van der Waals surface area contributed by atoms with Gasteiger partial charge in [0.2, 0.25) is 0 Å². The van der Waals surface area contributed by atoms with Gasteiger partial charge >= 0.3 is 0 Å². The van der Waals surface area contributed by atoms with Crippen LogP contribution in [-0.2, 0) is 9.84 Å². The predicted molar refractivity (Wildman–Crippen MR) is 84.5 cm³/mol. The minimum atomic E-state index is -3.39. The molecule has 1 heterocycles. The van der Waals surface area contributed by atoms with Gasteiger partial charge in [0.25, 0.3) is 5.91 Å². The number of nitrogens with zero attached hydrogens (tertiary/aromatic N) is 1. The number of benzene rings is 1. The monoisotopic (exact) mass is 388 g/mol. The Labute approximate surface area is 135 Å². The van der Waals surface area contributed by atoms with Gasteiger partial charge in [-0.1, -0.05) is 11.6 Å². The maximum atomic E-state index is 12.1. The standard InChI is InChI=1S/C13H10BrClN2O3S/c1-21(19,20)8-4-5-10(15)11(7-8)17-13(18)12-9(14)3-2-6-16-12/h2-7H,1H3,(H,17,18). The van der Waals surface area contributed by atoms with E-state index in [0.717, 1.165) is 6.26 Å². The molecule has 8 heteroatoms. The number of hydrogen-bond acceptors (Lipinski definition) is 4. The number of hydrogen-bond donors (Lipinski definition) is 1. The van der Waals surface area contributed by atoms with Gasteiger partial charge in [-0.25, -0.2) is 13.4 Å². The number of amides is 1. The van der Waals surface area contributed by atoms with E-state index in [0.29, 0.717) is 4.47 Å². The SMILES string of the molecule is CS(=O)(=O)c1ccc(Cl)c(NC(=O)c2ncccc2Br)c1. The Bertz CT molecular complexity index is 809. The first-order valence-corrected chi connectivity index (χ1v) is 8.77. The molecule has 0 saturated heterocycles. The highest BCUT2D eigenvalue weighted by Gasteiger charge is 2.15. The van der Waals surface area contributed by atoms with Crippen LogP contribution in [0.1, 0.15) is 10.5 Å². The molecule has 1 N–H and O–H groups in total. The minimum absolute atomic E-state index is 0.0716. The summed E-state index contributed by atoms with van der Waals surface area (Å²) in [6, 6.07) is 7.46. The van der Waals surface area contributed by atoms with Gasteiger partial charge < -0.3 is 5.32 Å². The molecule has 0 aliphatic rings. The van der Waals surface area contributed by atoms with E-state index in [2.05, 4.69) is 26.2 Å². The highest BCUT2D eigenvalue weighted by molar-refractivity contribution is 9.10. The molecular formula is C13H10BrClN2O3S. The van der Waals surface area contributed by atoms with Gasteiger partial charge in [0.15, 0.2) is 9.84 Å². The van der Waals surface area contributed by atoms with Crippen LogP contribution in [0.15, 0.2) is 45.9 Å². The lowest BCUT2D eigenvalue weighted by Gasteiger charge is -2.09. The molecular weight excluding hydrogens is 380 g/mol. The predicted octanol–water partition coefficient (Wildman–Crippen LogP) is 3.15. The zero-order valence-electron chi connectivity index (χ0n) is 10.8. The van der Waals surface area contributed by atoms with Crippen molar-refractivity contribution in [1.82, 2.24) is 4.98 Å². The molecule has 21 heavy (non-hydrogen) atoms. The summed E-state index contributed by atoms with van der Waals surface area (Å²) in [4.78, 5) is 16.2. The molecule has 2 aromatic rings. The Morgan fingerprint density at radius 1 is 1.33 bits per heavy atom. The van der Waals surface area contributed by atoms with E-state index in [1.807, 2.05) is 0 Å². The summed E-state index contributed by atoms with van der Waals surface area (Å²) < 4.78 is 23.6. The number of carbonyl (C=O) groups is 1. The molecule has 0 spiro atoms. The van der Waals surface area contributed by atoms with Gasteiger partial charge in [0, 0.05) is 16.9 Å². The largest absolute Gasteiger partial charge is 0.319 e. The second kappa shape index (κ2) is 6.13. The summed E-state index contributed by atoms with van der Waals surface area (Å²) in [5.41, 5.74) is 0.389. The van der Waals surface area contributed by atoms with Crippen molar-refractivity contribution in [2.24, 2.45) is 0 Å². The minimum Gasteiger partial charge on any atom is -0.319 e. The van der Waals surface area contributed by atoms with Crippen LogP contribution < -0.4 is 5.32 Å². The van der Waals surface area contributed by atoms with Gasteiger partial charge in [-0.15, -0.1) is 0 Å². The van der Waals surface area contributed by atoms with Crippen molar-refractivity contribution in [1.29, 1.82) is 0 Å². The van der Waals surface area contributed by atoms with Gasteiger partial charge in [-0.2, -0.15) is 0 Å². The van der Waals surface area contributed by atoms with Crippen molar-refractivity contribution in [2.75, 3.05) is 11.6 Å². The third kappa shape index (κ3) is 3.81. The number of halogens is 2. The Balaban J connectivity index is 2.36. The number of anilines is 1. The first kappa shape index (κ1) is 15.9. The lowest BCUT2D eigenvalue weighted by molar-refractivity contribution is 0.102. The van der Waals surface area contributed by atoms with Crippen LogP contribution in [0.3, 0.4) is 0 Å². The van der Waals surface area contributed by atoms with E-state index in [4.69, 9.17) is 11.6 Å². The van der Waals surface area contributed by atoms with Crippen LogP contribution in [0, 0.1) is 0 Å². The Morgan fingerprint density at radius 3 is 2.67 bits per heavy atom. The van der Waals surface area contributed by atoms with Crippen LogP contribution in [0.4, 0.5) is 5.69 Å². The molecule has 0 atom stereocenters. The molecule has 0 aliphatic carbocycles. The zero-order chi connectivity index (χ0) is 15.6. The quantitative estimate of drug-likeness (QED) is 0.875. The highest BCUT2D eigenvalue weighted by Crippen LogP contribution is 2.26. The van der Waals surface area contributed by atoms with Gasteiger partial charge in [0.05, 0.1) is 15.6 Å². The van der Waals surface area contributed by atoms with Crippen LogP contribution in [-0.4, -0.2) is 25.6 Å². The van der Waals surface area contributed by atoms with E-state index in [-0.39, 0.29) is 21.3 Å². The van der Waals surface area contributed by atoms with E-state index in [9.17, 15) is 13.2 Å². The molecule has 0 fully saturated rings. The number of sulfone groups is 1. The molecule has 0 bridgehead atoms. The van der Waals surface area contributed by atoms with Gasteiger partial charge in [-0.3, -0.25) is 4.79 Å². The number of carbonyl (C=O) groups excluding carboxylic acids is 1. The van der Waals surface area contributed by atoms with Gasteiger partial charge in [0.1, 0.15) is 5.69 Å². The summed E-state index contributed by atoms with van der Waals surface area (Å²) in [6.45, 7) is 0. The average molecular weight is 390 g/mol. The van der Waals surface area contributed by atoms with Crippen molar-refractivity contribution in [3.8, 4) is 0 Å². The van der Waals surface area contributed by atoms with E-state index in [1.54, 1.807) is 12.1 Å². The smallest absolute Gasteiger partial charge is 0.275 e. The molecule has 110 valence electrons. The van der Waals surface area contributed by atoms with Crippen LogP contribution in [0.25, 0.3) is 0 Å². The van der Waals surface area contributed by atoms with Gasteiger partial charge in [-0.05, 0) is 46.3 Å². The normalized spacial score (nSPS) is 11.2.